The van der Waals surface area contributed by atoms with E-state index in [0.717, 1.165) is 0 Å². The molecule has 2 aromatic rings. The molecule has 8 nitrogen and oxygen atoms in total. The van der Waals surface area contributed by atoms with Crippen LogP contribution in [0, 0.1) is 0 Å². The van der Waals surface area contributed by atoms with Crippen LogP contribution < -0.4 is 9.64 Å². The van der Waals surface area contributed by atoms with Crippen molar-refractivity contribution < 1.29 is 23.6 Å². The van der Waals surface area contributed by atoms with Gasteiger partial charge in [-0.1, -0.05) is 17.3 Å². The van der Waals surface area contributed by atoms with Crippen molar-refractivity contribution in [1.29, 1.82) is 0 Å². The number of carbonyl (C=O) groups excluding carboxylic acids is 2. The minimum Gasteiger partial charge on any atom is -0.486 e. The Morgan fingerprint density at radius 1 is 1.35 bits per heavy atom. The number of carbonyl (C=O) groups is 2. The van der Waals surface area contributed by atoms with Crippen molar-refractivity contribution in [2.45, 2.75) is 18.6 Å². The third-order valence-electron chi connectivity index (χ3n) is 4.69. The molecule has 2 aliphatic rings. The lowest BCUT2D eigenvalue weighted by atomic mass is 10.1. The van der Waals surface area contributed by atoms with E-state index in [1.54, 1.807) is 12.0 Å². The standard InChI is InChI=1S/C18H19N3O5/c1-24-9-8-20-13-4-2-3-5-15(13)25-12-10-14(17(20)22)21(11-12)18(23)16-6-7-19-26-16/h2-7,12,14H,8-11H2,1H3/t12-,14-/m0/s1. The number of para-hydroxylation sites is 2. The molecule has 2 aliphatic heterocycles. The number of fused-ring (bicyclic) bond motifs is 3. The van der Waals surface area contributed by atoms with E-state index in [1.165, 1.54) is 17.2 Å². The molecule has 0 radical (unpaired) electrons. The monoisotopic (exact) mass is 357 g/mol. The molecule has 0 aliphatic carbocycles. The molecular formula is C18H19N3O5. The highest BCUT2D eigenvalue weighted by molar-refractivity contribution is 6.03. The number of aromatic nitrogens is 1. The van der Waals surface area contributed by atoms with Crippen LogP contribution in [0.4, 0.5) is 5.69 Å². The highest BCUT2D eigenvalue weighted by atomic mass is 16.5. The lowest BCUT2D eigenvalue weighted by molar-refractivity contribution is -0.122. The van der Waals surface area contributed by atoms with Crippen LogP contribution in [0.15, 0.2) is 41.1 Å². The zero-order valence-corrected chi connectivity index (χ0v) is 14.3. The number of hydrogen-bond donors (Lipinski definition) is 0. The minimum atomic E-state index is -0.609. The second-order valence-electron chi connectivity index (χ2n) is 6.28. The molecular weight excluding hydrogens is 338 g/mol. The summed E-state index contributed by atoms with van der Waals surface area (Å²) in [5, 5.41) is 3.58. The van der Waals surface area contributed by atoms with Gasteiger partial charge in [-0.3, -0.25) is 9.59 Å². The number of nitrogens with zero attached hydrogens (tertiary/aromatic N) is 3. The van der Waals surface area contributed by atoms with Crippen LogP contribution >= 0.6 is 0 Å². The van der Waals surface area contributed by atoms with E-state index >= 15 is 0 Å². The van der Waals surface area contributed by atoms with Crippen molar-refractivity contribution in [1.82, 2.24) is 10.1 Å². The summed E-state index contributed by atoms with van der Waals surface area (Å²) in [6.45, 7) is 1.08. The zero-order valence-electron chi connectivity index (χ0n) is 14.3. The van der Waals surface area contributed by atoms with Gasteiger partial charge in [-0.25, -0.2) is 0 Å². The summed E-state index contributed by atoms with van der Waals surface area (Å²) in [5.41, 5.74) is 0.693. The van der Waals surface area contributed by atoms with Gasteiger partial charge in [-0.2, -0.15) is 0 Å². The summed E-state index contributed by atoms with van der Waals surface area (Å²) in [7, 11) is 1.59. The smallest absolute Gasteiger partial charge is 0.293 e. The molecule has 4 rings (SSSR count). The van der Waals surface area contributed by atoms with Gasteiger partial charge < -0.3 is 23.8 Å². The lowest BCUT2D eigenvalue weighted by Crippen LogP contribution is -2.49. The summed E-state index contributed by atoms with van der Waals surface area (Å²) in [6.07, 6.45) is 1.60. The maximum absolute atomic E-state index is 13.3. The Morgan fingerprint density at radius 3 is 2.96 bits per heavy atom. The van der Waals surface area contributed by atoms with Crippen molar-refractivity contribution in [2.24, 2.45) is 0 Å². The van der Waals surface area contributed by atoms with E-state index in [2.05, 4.69) is 5.16 Å². The minimum absolute atomic E-state index is 0.114. The average Bonchev–Trinajstić information content (AvgIpc) is 3.32. The first-order chi connectivity index (χ1) is 12.7. The SMILES string of the molecule is COCCN1C(=O)[C@@H]2C[C@@H](CN2C(=O)c2ccno2)Oc2ccccc21. The van der Waals surface area contributed by atoms with E-state index in [1.807, 2.05) is 24.3 Å². The van der Waals surface area contributed by atoms with E-state index < -0.39 is 6.04 Å². The first kappa shape index (κ1) is 16.6. The molecule has 1 aromatic heterocycles. The number of hydrogen-bond acceptors (Lipinski definition) is 6. The molecule has 3 heterocycles. The summed E-state index contributed by atoms with van der Waals surface area (Å²) in [4.78, 5) is 29.2. The average molecular weight is 357 g/mol. The Bertz CT molecular complexity index is 807. The van der Waals surface area contributed by atoms with Crippen LogP contribution in [0.2, 0.25) is 0 Å². The van der Waals surface area contributed by atoms with Crippen LogP contribution in [0.3, 0.4) is 0 Å². The molecule has 136 valence electrons. The number of ether oxygens (including phenoxy) is 2. The predicted octanol–water partition coefficient (Wildman–Crippen LogP) is 1.33. The van der Waals surface area contributed by atoms with Crippen molar-refractivity contribution in [2.75, 3.05) is 31.7 Å². The van der Waals surface area contributed by atoms with E-state index in [0.29, 0.717) is 37.6 Å². The van der Waals surface area contributed by atoms with Crippen LogP contribution in [0.25, 0.3) is 0 Å². The Labute approximate surface area is 150 Å². The first-order valence-electron chi connectivity index (χ1n) is 8.46. The van der Waals surface area contributed by atoms with Gasteiger partial charge in [0.05, 0.1) is 25.0 Å². The van der Waals surface area contributed by atoms with Gasteiger partial charge in [0.25, 0.3) is 5.91 Å². The van der Waals surface area contributed by atoms with Crippen molar-refractivity contribution >= 4 is 17.5 Å². The lowest BCUT2D eigenvalue weighted by Gasteiger charge is -2.31. The van der Waals surface area contributed by atoms with Crippen LogP contribution in [0.5, 0.6) is 5.75 Å². The maximum Gasteiger partial charge on any atom is 0.293 e. The van der Waals surface area contributed by atoms with Gasteiger partial charge in [0.2, 0.25) is 11.7 Å². The van der Waals surface area contributed by atoms with Gasteiger partial charge in [0, 0.05) is 26.1 Å². The van der Waals surface area contributed by atoms with E-state index in [9.17, 15) is 9.59 Å². The number of benzene rings is 1. The Morgan fingerprint density at radius 2 is 2.19 bits per heavy atom. The first-order valence-corrected chi connectivity index (χ1v) is 8.46. The molecule has 2 amide bonds. The number of likely N-dealkylation sites (tertiary alicyclic amines) is 1. The highest BCUT2D eigenvalue weighted by Crippen LogP contribution is 2.36. The topological polar surface area (TPSA) is 85.1 Å². The van der Waals surface area contributed by atoms with Gasteiger partial charge >= 0.3 is 0 Å². The molecule has 26 heavy (non-hydrogen) atoms. The molecule has 1 aromatic carbocycles. The second kappa shape index (κ2) is 6.80. The molecule has 2 atom stereocenters. The molecule has 0 N–H and O–H groups in total. The van der Waals surface area contributed by atoms with Gasteiger partial charge in [0.1, 0.15) is 17.9 Å². The summed E-state index contributed by atoms with van der Waals surface area (Å²) < 4.78 is 16.2. The molecule has 1 fully saturated rings. The third-order valence-corrected chi connectivity index (χ3v) is 4.69. The third kappa shape index (κ3) is 2.82. The Balaban J connectivity index is 1.69. The van der Waals surface area contributed by atoms with Crippen molar-refractivity contribution in [3.05, 3.63) is 42.3 Å². The number of anilines is 1. The van der Waals surface area contributed by atoms with E-state index in [-0.39, 0.29) is 23.7 Å². The number of rotatable bonds is 4. The highest BCUT2D eigenvalue weighted by Gasteiger charge is 2.45. The zero-order chi connectivity index (χ0) is 18.1. The van der Waals surface area contributed by atoms with Crippen molar-refractivity contribution in [3.63, 3.8) is 0 Å². The fraction of sp³-hybridized carbons (Fsp3) is 0.389. The quantitative estimate of drug-likeness (QED) is 0.821. The fourth-order valence-corrected chi connectivity index (χ4v) is 3.48. The molecule has 1 saturated heterocycles. The Kier molecular flexibility index (Phi) is 4.34. The maximum atomic E-state index is 13.3. The molecule has 0 saturated carbocycles. The molecule has 0 spiro atoms. The summed E-state index contributed by atoms with van der Waals surface area (Å²) in [6, 6.07) is 8.29. The summed E-state index contributed by atoms with van der Waals surface area (Å²) in [5.74, 6) is 0.246. The second-order valence-corrected chi connectivity index (χ2v) is 6.28. The van der Waals surface area contributed by atoms with Crippen molar-refractivity contribution in [3.8, 4) is 5.75 Å². The molecule has 0 unspecified atom stereocenters. The molecule has 2 bridgehead atoms. The fourth-order valence-electron chi connectivity index (χ4n) is 3.48. The molecule has 8 heteroatoms. The van der Waals surface area contributed by atoms with Crippen LogP contribution in [-0.4, -0.2) is 60.8 Å². The van der Waals surface area contributed by atoms with Crippen LogP contribution in [0.1, 0.15) is 17.0 Å². The van der Waals surface area contributed by atoms with Gasteiger partial charge in [0.15, 0.2) is 0 Å². The number of amides is 2. The summed E-state index contributed by atoms with van der Waals surface area (Å²) >= 11 is 0. The van der Waals surface area contributed by atoms with Gasteiger partial charge in [-0.15, -0.1) is 0 Å². The van der Waals surface area contributed by atoms with E-state index in [4.69, 9.17) is 14.0 Å². The Hall–Kier alpha value is -2.87. The largest absolute Gasteiger partial charge is 0.486 e. The van der Waals surface area contributed by atoms with Gasteiger partial charge in [-0.05, 0) is 12.1 Å². The normalized spacial score (nSPS) is 21.8. The van der Waals surface area contributed by atoms with Crippen LogP contribution in [-0.2, 0) is 9.53 Å². The predicted molar refractivity (Wildman–Crippen MR) is 91.0 cm³/mol. The number of methoxy groups -OCH3 is 1.